The quantitative estimate of drug-likeness (QED) is 0.625. The Hall–Kier alpha value is -3.12. The van der Waals surface area contributed by atoms with Crippen molar-refractivity contribution in [1.82, 2.24) is 0 Å². The minimum atomic E-state index is -3.68. The van der Waals surface area contributed by atoms with E-state index in [0.29, 0.717) is 24.2 Å². The van der Waals surface area contributed by atoms with Gasteiger partial charge >= 0.3 is 0 Å². The molecule has 0 aliphatic carbocycles. The molecule has 0 unspecified atom stereocenters. The van der Waals surface area contributed by atoms with Crippen molar-refractivity contribution in [2.45, 2.75) is 24.7 Å². The highest BCUT2D eigenvalue weighted by Gasteiger charge is 2.14. The predicted octanol–water partition coefficient (Wildman–Crippen LogP) is 4.37. The van der Waals surface area contributed by atoms with E-state index in [1.54, 1.807) is 24.3 Å². The molecule has 0 saturated heterocycles. The van der Waals surface area contributed by atoms with Crippen LogP contribution in [0.2, 0.25) is 0 Å². The molecule has 0 aliphatic heterocycles. The number of anilines is 2. The largest absolute Gasteiger partial charge is 0.326 e. The first-order valence-electron chi connectivity index (χ1n) is 8.96. The molecule has 0 aromatic heterocycles. The minimum Gasteiger partial charge on any atom is -0.326 e. The zero-order chi connectivity index (χ0) is 20.0. The van der Waals surface area contributed by atoms with Crippen molar-refractivity contribution in [2.75, 3.05) is 10.0 Å². The Labute approximate surface area is 165 Å². The lowest BCUT2D eigenvalue weighted by molar-refractivity contribution is -0.116. The number of sulfonamides is 1. The van der Waals surface area contributed by atoms with E-state index in [1.807, 2.05) is 49.4 Å². The number of rotatable bonds is 7. The van der Waals surface area contributed by atoms with Gasteiger partial charge in [0, 0.05) is 17.8 Å². The van der Waals surface area contributed by atoms with Crippen LogP contribution < -0.4 is 10.0 Å². The summed E-state index contributed by atoms with van der Waals surface area (Å²) >= 11 is 0. The number of hydrogen-bond donors (Lipinski definition) is 2. The van der Waals surface area contributed by atoms with E-state index in [9.17, 15) is 13.2 Å². The Morgan fingerprint density at radius 3 is 2.07 bits per heavy atom. The molecule has 0 bridgehead atoms. The van der Waals surface area contributed by atoms with Crippen LogP contribution in [0.3, 0.4) is 0 Å². The number of carbonyl (C=O) groups excluding carboxylic acids is 1. The van der Waals surface area contributed by atoms with Crippen molar-refractivity contribution in [3.63, 3.8) is 0 Å². The fraction of sp³-hybridized carbons (Fsp3) is 0.136. The van der Waals surface area contributed by atoms with Gasteiger partial charge in [0.2, 0.25) is 5.91 Å². The molecular weight excluding hydrogens is 372 g/mol. The third-order valence-corrected chi connectivity index (χ3v) is 5.63. The molecule has 0 aliphatic rings. The van der Waals surface area contributed by atoms with Gasteiger partial charge in [-0.25, -0.2) is 8.42 Å². The summed E-state index contributed by atoms with van der Waals surface area (Å²) in [5.74, 6) is -0.114. The zero-order valence-electron chi connectivity index (χ0n) is 15.6. The van der Waals surface area contributed by atoms with Crippen LogP contribution in [-0.2, 0) is 21.2 Å². The molecule has 144 valence electrons. The molecule has 0 atom stereocenters. The van der Waals surface area contributed by atoms with E-state index < -0.39 is 10.0 Å². The summed E-state index contributed by atoms with van der Waals surface area (Å²) in [6, 6.07) is 23.0. The van der Waals surface area contributed by atoms with Crippen LogP contribution in [0.4, 0.5) is 11.4 Å². The highest BCUT2D eigenvalue weighted by atomic mass is 32.2. The van der Waals surface area contributed by atoms with Gasteiger partial charge < -0.3 is 5.32 Å². The molecule has 3 aromatic carbocycles. The van der Waals surface area contributed by atoms with Crippen molar-refractivity contribution in [1.29, 1.82) is 0 Å². The van der Waals surface area contributed by atoms with E-state index in [-0.39, 0.29) is 10.8 Å². The Kier molecular flexibility index (Phi) is 6.11. The third kappa shape index (κ3) is 5.44. The Morgan fingerprint density at radius 2 is 1.43 bits per heavy atom. The van der Waals surface area contributed by atoms with Gasteiger partial charge in [0.1, 0.15) is 0 Å². The fourth-order valence-corrected chi connectivity index (χ4v) is 3.74. The van der Waals surface area contributed by atoms with Crippen LogP contribution >= 0.6 is 0 Å². The SMILES string of the molecule is Cc1ccc(NS(=O)(=O)c2ccc(NC(=O)CCc3ccccc3)cc2)cc1. The summed E-state index contributed by atoms with van der Waals surface area (Å²) in [5.41, 5.74) is 3.22. The first-order valence-corrected chi connectivity index (χ1v) is 10.4. The van der Waals surface area contributed by atoms with Gasteiger partial charge in [-0.2, -0.15) is 0 Å². The Bertz CT molecular complexity index is 1030. The van der Waals surface area contributed by atoms with Gasteiger partial charge in [-0.05, 0) is 55.3 Å². The van der Waals surface area contributed by atoms with Gasteiger partial charge in [-0.15, -0.1) is 0 Å². The molecule has 0 spiro atoms. The van der Waals surface area contributed by atoms with Crippen LogP contribution in [0.15, 0.2) is 83.8 Å². The summed E-state index contributed by atoms with van der Waals surface area (Å²) in [4.78, 5) is 12.2. The average molecular weight is 394 g/mol. The summed E-state index contributed by atoms with van der Waals surface area (Å²) < 4.78 is 27.5. The van der Waals surface area contributed by atoms with Gasteiger partial charge in [0.25, 0.3) is 10.0 Å². The number of carbonyl (C=O) groups is 1. The van der Waals surface area contributed by atoms with Gasteiger partial charge in [0.15, 0.2) is 0 Å². The molecule has 5 nitrogen and oxygen atoms in total. The second-order valence-corrected chi connectivity index (χ2v) is 8.21. The number of aryl methyl sites for hydroxylation is 2. The van der Waals surface area contributed by atoms with Crippen LogP contribution in [0, 0.1) is 6.92 Å². The lowest BCUT2D eigenvalue weighted by Gasteiger charge is -2.10. The summed E-state index contributed by atoms with van der Waals surface area (Å²) in [6.45, 7) is 1.94. The molecule has 0 radical (unpaired) electrons. The maximum atomic E-state index is 12.5. The molecule has 0 saturated carbocycles. The molecule has 3 aromatic rings. The Morgan fingerprint density at radius 1 is 0.821 bits per heavy atom. The monoisotopic (exact) mass is 394 g/mol. The highest BCUT2D eigenvalue weighted by Crippen LogP contribution is 2.19. The second kappa shape index (κ2) is 8.71. The second-order valence-electron chi connectivity index (χ2n) is 6.53. The van der Waals surface area contributed by atoms with Crippen molar-refractivity contribution in [3.8, 4) is 0 Å². The maximum Gasteiger partial charge on any atom is 0.261 e. The van der Waals surface area contributed by atoms with Crippen molar-refractivity contribution >= 4 is 27.3 Å². The van der Waals surface area contributed by atoms with E-state index in [2.05, 4.69) is 10.0 Å². The number of hydrogen-bond acceptors (Lipinski definition) is 3. The molecule has 2 N–H and O–H groups in total. The van der Waals surface area contributed by atoms with Crippen LogP contribution in [0.1, 0.15) is 17.5 Å². The average Bonchev–Trinajstić information content (AvgIpc) is 2.69. The summed E-state index contributed by atoms with van der Waals surface area (Å²) in [6.07, 6.45) is 1.01. The van der Waals surface area contributed by atoms with Gasteiger partial charge in [-0.1, -0.05) is 48.0 Å². The normalized spacial score (nSPS) is 11.0. The molecule has 28 heavy (non-hydrogen) atoms. The molecule has 3 rings (SSSR count). The first-order chi connectivity index (χ1) is 13.4. The fourth-order valence-electron chi connectivity index (χ4n) is 2.68. The molecule has 0 heterocycles. The highest BCUT2D eigenvalue weighted by molar-refractivity contribution is 7.92. The number of nitrogens with one attached hydrogen (secondary N) is 2. The smallest absolute Gasteiger partial charge is 0.261 e. The van der Waals surface area contributed by atoms with E-state index in [4.69, 9.17) is 0 Å². The van der Waals surface area contributed by atoms with Crippen molar-refractivity contribution < 1.29 is 13.2 Å². The van der Waals surface area contributed by atoms with Crippen molar-refractivity contribution in [3.05, 3.63) is 90.0 Å². The lowest BCUT2D eigenvalue weighted by Crippen LogP contribution is -2.14. The molecular formula is C22H22N2O3S. The third-order valence-electron chi connectivity index (χ3n) is 4.24. The number of benzene rings is 3. The van der Waals surface area contributed by atoms with Crippen LogP contribution in [-0.4, -0.2) is 14.3 Å². The topological polar surface area (TPSA) is 75.3 Å². The van der Waals surface area contributed by atoms with Gasteiger partial charge in [0.05, 0.1) is 4.90 Å². The van der Waals surface area contributed by atoms with Crippen LogP contribution in [0.25, 0.3) is 0 Å². The standard InChI is InChI=1S/C22H22N2O3S/c1-17-7-10-20(11-8-17)24-28(26,27)21-14-12-19(13-15-21)23-22(25)16-9-18-5-3-2-4-6-18/h2-8,10-15,24H,9,16H2,1H3,(H,23,25). The van der Waals surface area contributed by atoms with Gasteiger partial charge in [-0.3, -0.25) is 9.52 Å². The van der Waals surface area contributed by atoms with E-state index in [1.165, 1.54) is 12.1 Å². The zero-order valence-corrected chi connectivity index (χ0v) is 16.4. The number of amides is 1. The van der Waals surface area contributed by atoms with Crippen molar-refractivity contribution in [2.24, 2.45) is 0 Å². The predicted molar refractivity (Wildman–Crippen MR) is 112 cm³/mol. The van der Waals surface area contributed by atoms with E-state index >= 15 is 0 Å². The summed E-state index contributed by atoms with van der Waals surface area (Å²) in [7, 11) is -3.68. The van der Waals surface area contributed by atoms with Crippen LogP contribution in [0.5, 0.6) is 0 Å². The molecule has 6 heteroatoms. The minimum absolute atomic E-state index is 0.114. The summed E-state index contributed by atoms with van der Waals surface area (Å²) in [5, 5.41) is 2.79. The Balaban J connectivity index is 1.59. The maximum absolute atomic E-state index is 12.5. The lowest BCUT2D eigenvalue weighted by atomic mass is 10.1. The van der Waals surface area contributed by atoms with E-state index in [0.717, 1.165) is 11.1 Å². The first kappa shape index (κ1) is 19.6. The molecule has 1 amide bonds. The molecule has 0 fully saturated rings.